The monoisotopic (exact) mass is 457 g/mol. The second-order valence-corrected chi connectivity index (χ2v) is 5.30. The molecule has 3 nitrogen and oxygen atoms in total. The molecule has 0 fully saturated rings. The van der Waals surface area contributed by atoms with E-state index in [0.717, 1.165) is 23.4 Å². The summed E-state index contributed by atoms with van der Waals surface area (Å²) >= 11 is 3.34. The van der Waals surface area contributed by atoms with Crippen LogP contribution in [0.15, 0.2) is 27.7 Å². The van der Waals surface area contributed by atoms with E-state index >= 15 is 0 Å². The summed E-state index contributed by atoms with van der Waals surface area (Å²) in [5.41, 5.74) is 0.579. The summed E-state index contributed by atoms with van der Waals surface area (Å²) in [5, 5.41) is 6.43. The number of guanidine groups is 1. The Morgan fingerprint density at radius 2 is 2.10 bits per heavy atom. The maximum absolute atomic E-state index is 13.6. The van der Waals surface area contributed by atoms with Crippen molar-refractivity contribution in [2.24, 2.45) is 4.99 Å². The Morgan fingerprint density at radius 3 is 2.70 bits per heavy atom. The number of halogens is 3. The second kappa shape index (κ2) is 10.4. The second-order valence-electron chi connectivity index (χ2n) is 4.38. The van der Waals surface area contributed by atoms with E-state index in [9.17, 15) is 4.39 Å². The molecule has 1 aromatic rings. The molecule has 0 bridgehead atoms. The smallest absolute Gasteiger partial charge is 0.191 e. The lowest BCUT2D eigenvalue weighted by molar-refractivity contribution is 0.606. The molecule has 1 rings (SSSR count). The molecule has 2 N–H and O–H groups in total. The Balaban J connectivity index is 0.00000361. The van der Waals surface area contributed by atoms with E-state index in [2.05, 4.69) is 45.4 Å². The average molecular weight is 458 g/mol. The lowest BCUT2D eigenvalue weighted by atomic mass is 10.2. The summed E-state index contributed by atoms with van der Waals surface area (Å²) in [5.74, 6) is 0.488. The molecule has 0 saturated carbocycles. The zero-order chi connectivity index (χ0) is 14.3. The third-order valence-corrected chi connectivity index (χ3v) is 3.25. The topological polar surface area (TPSA) is 36.4 Å². The summed E-state index contributed by atoms with van der Waals surface area (Å²) in [4.78, 5) is 4.41. The van der Waals surface area contributed by atoms with E-state index in [4.69, 9.17) is 0 Å². The van der Waals surface area contributed by atoms with Crippen LogP contribution in [0.5, 0.6) is 0 Å². The SMILES string of the molecule is CCNC(=NCc1cc(Br)ccc1F)NC(C)CC.I. The average Bonchev–Trinajstić information content (AvgIpc) is 2.39. The van der Waals surface area contributed by atoms with E-state index in [1.54, 1.807) is 12.1 Å². The molecule has 0 aliphatic rings. The van der Waals surface area contributed by atoms with Crippen LogP contribution < -0.4 is 10.6 Å². The van der Waals surface area contributed by atoms with Gasteiger partial charge in [-0.15, -0.1) is 24.0 Å². The number of nitrogens with zero attached hydrogens (tertiary/aromatic N) is 1. The molecule has 114 valence electrons. The Kier molecular flexibility index (Phi) is 10.2. The van der Waals surface area contributed by atoms with Crippen molar-refractivity contribution in [2.45, 2.75) is 39.8 Å². The number of aliphatic imine (C=N–C) groups is 1. The summed E-state index contributed by atoms with van der Waals surface area (Å²) < 4.78 is 14.5. The molecule has 1 aromatic carbocycles. The summed E-state index contributed by atoms with van der Waals surface area (Å²) in [6, 6.07) is 5.23. The molecule has 20 heavy (non-hydrogen) atoms. The van der Waals surface area contributed by atoms with Crippen molar-refractivity contribution in [1.29, 1.82) is 0 Å². The van der Waals surface area contributed by atoms with Gasteiger partial charge in [-0.05, 0) is 38.5 Å². The summed E-state index contributed by atoms with van der Waals surface area (Å²) in [6.45, 7) is 7.30. The molecule has 0 aliphatic carbocycles. The molecule has 1 unspecified atom stereocenters. The van der Waals surface area contributed by atoms with Gasteiger partial charge in [0.2, 0.25) is 0 Å². The maximum atomic E-state index is 13.6. The minimum absolute atomic E-state index is 0. The van der Waals surface area contributed by atoms with Gasteiger partial charge in [0, 0.05) is 22.6 Å². The third-order valence-electron chi connectivity index (χ3n) is 2.75. The molecule has 0 heterocycles. The fraction of sp³-hybridized carbons (Fsp3) is 0.500. The van der Waals surface area contributed by atoms with Crippen LogP contribution in [0.2, 0.25) is 0 Å². The predicted molar refractivity (Wildman–Crippen MR) is 97.2 cm³/mol. The van der Waals surface area contributed by atoms with E-state index in [1.165, 1.54) is 6.07 Å². The molecule has 1 atom stereocenters. The van der Waals surface area contributed by atoms with Gasteiger partial charge in [0.15, 0.2) is 5.96 Å². The summed E-state index contributed by atoms with van der Waals surface area (Å²) in [6.07, 6.45) is 1.01. The number of rotatable bonds is 5. The first-order valence-corrected chi connectivity index (χ1v) is 7.34. The summed E-state index contributed by atoms with van der Waals surface area (Å²) in [7, 11) is 0. The Bertz CT molecular complexity index is 440. The first-order chi connectivity index (χ1) is 9.06. The van der Waals surface area contributed by atoms with Crippen LogP contribution in [0, 0.1) is 5.82 Å². The van der Waals surface area contributed by atoms with Gasteiger partial charge in [-0.2, -0.15) is 0 Å². The van der Waals surface area contributed by atoms with Gasteiger partial charge in [-0.1, -0.05) is 22.9 Å². The zero-order valence-electron chi connectivity index (χ0n) is 12.0. The Hall–Kier alpha value is -0.370. The van der Waals surface area contributed by atoms with E-state index in [0.29, 0.717) is 18.2 Å². The van der Waals surface area contributed by atoms with Gasteiger partial charge in [0.05, 0.1) is 6.54 Å². The van der Waals surface area contributed by atoms with Crippen LogP contribution in [0.4, 0.5) is 4.39 Å². The molecule has 0 saturated heterocycles. The Labute approximate surface area is 146 Å². The molecule has 0 aromatic heterocycles. The molecule has 0 radical (unpaired) electrons. The van der Waals surface area contributed by atoms with Crippen LogP contribution in [0.3, 0.4) is 0 Å². The van der Waals surface area contributed by atoms with Crippen molar-refractivity contribution in [3.05, 3.63) is 34.1 Å². The number of benzene rings is 1. The zero-order valence-corrected chi connectivity index (χ0v) is 16.0. The number of hydrogen-bond donors (Lipinski definition) is 2. The minimum Gasteiger partial charge on any atom is -0.357 e. The molecule has 0 spiro atoms. The lowest BCUT2D eigenvalue weighted by Crippen LogP contribution is -2.41. The standard InChI is InChI=1S/C14H21BrFN3.HI/c1-4-10(3)19-14(17-5-2)18-9-11-8-12(15)6-7-13(11)16;/h6-8,10H,4-5,9H2,1-3H3,(H2,17,18,19);1H. The third kappa shape index (κ3) is 6.88. The highest BCUT2D eigenvalue weighted by Gasteiger charge is 2.05. The minimum atomic E-state index is -0.230. The highest BCUT2D eigenvalue weighted by Crippen LogP contribution is 2.16. The van der Waals surface area contributed by atoms with Crippen molar-refractivity contribution >= 4 is 45.9 Å². The fourth-order valence-electron chi connectivity index (χ4n) is 1.48. The normalized spacial score (nSPS) is 12.6. The van der Waals surface area contributed by atoms with E-state index < -0.39 is 0 Å². The van der Waals surface area contributed by atoms with Crippen molar-refractivity contribution in [1.82, 2.24) is 10.6 Å². The molecular weight excluding hydrogens is 436 g/mol. The highest BCUT2D eigenvalue weighted by molar-refractivity contribution is 14.0. The molecule has 6 heteroatoms. The molecular formula is C14H22BrFIN3. The van der Waals surface area contributed by atoms with Gasteiger partial charge in [0.1, 0.15) is 5.82 Å². The van der Waals surface area contributed by atoms with Gasteiger partial charge in [-0.25, -0.2) is 9.38 Å². The molecule has 0 amide bonds. The van der Waals surface area contributed by atoms with Crippen LogP contribution in [-0.2, 0) is 6.54 Å². The Morgan fingerprint density at radius 1 is 1.40 bits per heavy atom. The lowest BCUT2D eigenvalue weighted by Gasteiger charge is -2.16. The largest absolute Gasteiger partial charge is 0.357 e. The van der Waals surface area contributed by atoms with Gasteiger partial charge < -0.3 is 10.6 Å². The van der Waals surface area contributed by atoms with Gasteiger partial charge in [0.25, 0.3) is 0 Å². The quantitative estimate of drug-likeness (QED) is 0.397. The van der Waals surface area contributed by atoms with Gasteiger partial charge >= 0.3 is 0 Å². The van der Waals surface area contributed by atoms with Crippen LogP contribution >= 0.6 is 39.9 Å². The van der Waals surface area contributed by atoms with Crippen molar-refractivity contribution in [3.8, 4) is 0 Å². The van der Waals surface area contributed by atoms with Crippen molar-refractivity contribution < 1.29 is 4.39 Å². The van der Waals surface area contributed by atoms with Crippen LogP contribution in [0.25, 0.3) is 0 Å². The number of hydrogen-bond acceptors (Lipinski definition) is 1. The molecule has 0 aliphatic heterocycles. The first kappa shape index (κ1) is 19.6. The van der Waals surface area contributed by atoms with Crippen LogP contribution in [-0.4, -0.2) is 18.5 Å². The highest BCUT2D eigenvalue weighted by atomic mass is 127. The van der Waals surface area contributed by atoms with Crippen LogP contribution in [0.1, 0.15) is 32.8 Å². The maximum Gasteiger partial charge on any atom is 0.191 e. The van der Waals surface area contributed by atoms with E-state index in [1.807, 2.05) is 6.92 Å². The van der Waals surface area contributed by atoms with E-state index in [-0.39, 0.29) is 29.8 Å². The first-order valence-electron chi connectivity index (χ1n) is 6.55. The number of nitrogens with one attached hydrogen (secondary N) is 2. The fourth-order valence-corrected chi connectivity index (χ4v) is 1.89. The van der Waals surface area contributed by atoms with Crippen molar-refractivity contribution in [3.63, 3.8) is 0 Å². The predicted octanol–water partition coefficient (Wildman–Crippen LogP) is 4.06. The van der Waals surface area contributed by atoms with Gasteiger partial charge in [-0.3, -0.25) is 0 Å². The van der Waals surface area contributed by atoms with Crippen molar-refractivity contribution in [2.75, 3.05) is 6.54 Å².